The number of hydrogen-bond donors (Lipinski definition) is 2. The third kappa shape index (κ3) is 4.05. The molecule has 1 heterocycles. The molecule has 152 valence electrons. The van der Waals surface area contributed by atoms with Crippen LogP contribution in [0.5, 0.6) is 0 Å². The smallest absolute Gasteiger partial charge is 0.324 e. The number of alkyl halides is 3. The Kier molecular flexibility index (Phi) is 5.04. The Morgan fingerprint density at radius 3 is 2.48 bits per heavy atom. The van der Waals surface area contributed by atoms with E-state index in [1.165, 1.54) is 31.2 Å². The topological polar surface area (TPSA) is 78.5 Å². The molecule has 3 rings (SSSR count). The zero-order valence-electron chi connectivity index (χ0n) is 15.0. The number of amides is 4. The molecule has 0 radical (unpaired) electrons. The zero-order valence-corrected chi connectivity index (χ0v) is 15.0. The van der Waals surface area contributed by atoms with Crippen LogP contribution in [-0.4, -0.2) is 29.3 Å². The summed E-state index contributed by atoms with van der Waals surface area (Å²) >= 11 is 0. The number of hydrogen-bond acceptors (Lipinski definition) is 3. The van der Waals surface area contributed by atoms with Crippen molar-refractivity contribution >= 4 is 23.5 Å². The Balaban J connectivity index is 1.79. The first-order valence-electron chi connectivity index (χ1n) is 8.38. The van der Waals surface area contributed by atoms with Gasteiger partial charge in [-0.25, -0.2) is 9.18 Å². The number of benzene rings is 2. The molecular formula is C19H15F4N3O3. The third-order valence-electron chi connectivity index (χ3n) is 4.45. The van der Waals surface area contributed by atoms with Crippen LogP contribution in [0.1, 0.15) is 18.1 Å². The van der Waals surface area contributed by atoms with Gasteiger partial charge in [-0.15, -0.1) is 0 Å². The Labute approximate surface area is 162 Å². The van der Waals surface area contributed by atoms with Crippen molar-refractivity contribution in [2.24, 2.45) is 0 Å². The molecule has 2 aromatic carbocycles. The number of imide groups is 1. The van der Waals surface area contributed by atoms with Gasteiger partial charge < -0.3 is 10.6 Å². The molecule has 0 unspecified atom stereocenters. The molecule has 10 heteroatoms. The maximum atomic E-state index is 13.2. The van der Waals surface area contributed by atoms with Gasteiger partial charge in [0.2, 0.25) is 5.91 Å². The average Bonchev–Trinajstić information content (AvgIpc) is 2.85. The van der Waals surface area contributed by atoms with Gasteiger partial charge in [0.15, 0.2) is 0 Å². The molecule has 1 fully saturated rings. The predicted molar refractivity (Wildman–Crippen MR) is 94.1 cm³/mol. The van der Waals surface area contributed by atoms with Gasteiger partial charge in [-0.05, 0) is 42.8 Å². The monoisotopic (exact) mass is 409 g/mol. The number of rotatable bonds is 4. The number of nitrogens with one attached hydrogen (secondary N) is 2. The van der Waals surface area contributed by atoms with E-state index in [0.717, 1.165) is 24.3 Å². The maximum Gasteiger partial charge on any atom is 0.416 e. The van der Waals surface area contributed by atoms with E-state index in [4.69, 9.17) is 0 Å². The van der Waals surface area contributed by atoms with Crippen molar-refractivity contribution in [3.8, 4) is 0 Å². The van der Waals surface area contributed by atoms with Crippen LogP contribution in [0.3, 0.4) is 0 Å². The fraction of sp³-hybridized carbons (Fsp3) is 0.211. The highest BCUT2D eigenvalue weighted by atomic mass is 19.4. The summed E-state index contributed by atoms with van der Waals surface area (Å²) in [6.45, 7) is 0.572. The van der Waals surface area contributed by atoms with Crippen LogP contribution in [0.4, 0.5) is 28.0 Å². The number of urea groups is 1. The molecule has 29 heavy (non-hydrogen) atoms. The van der Waals surface area contributed by atoms with Crippen LogP contribution in [0.15, 0.2) is 48.5 Å². The lowest BCUT2D eigenvalue weighted by Gasteiger charge is -2.23. The minimum Gasteiger partial charge on any atom is -0.324 e. The minimum atomic E-state index is -4.62. The van der Waals surface area contributed by atoms with Crippen molar-refractivity contribution in [2.75, 3.05) is 11.9 Å². The van der Waals surface area contributed by atoms with Gasteiger partial charge in [-0.2, -0.15) is 13.2 Å². The molecule has 1 aliphatic heterocycles. The molecule has 0 aliphatic carbocycles. The molecule has 1 saturated heterocycles. The average molecular weight is 409 g/mol. The molecule has 0 aromatic heterocycles. The molecular weight excluding hydrogens is 394 g/mol. The van der Waals surface area contributed by atoms with Crippen LogP contribution in [0.2, 0.25) is 0 Å². The number of nitrogens with zero attached hydrogens (tertiary/aromatic N) is 1. The van der Waals surface area contributed by atoms with E-state index in [-0.39, 0.29) is 11.3 Å². The molecule has 0 bridgehead atoms. The largest absolute Gasteiger partial charge is 0.416 e. The van der Waals surface area contributed by atoms with Crippen LogP contribution in [0, 0.1) is 5.82 Å². The normalized spacial score (nSPS) is 19.3. The summed E-state index contributed by atoms with van der Waals surface area (Å²) in [5, 5.41) is 4.68. The number of carbonyl (C=O) groups is 3. The summed E-state index contributed by atoms with van der Waals surface area (Å²) in [5.41, 5.74) is -2.68. The highest BCUT2D eigenvalue weighted by molar-refractivity contribution is 6.10. The third-order valence-corrected chi connectivity index (χ3v) is 4.45. The van der Waals surface area contributed by atoms with Crippen LogP contribution in [-0.2, 0) is 21.3 Å². The molecule has 0 spiro atoms. The maximum absolute atomic E-state index is 13.2. The van der Waals surface area contributed by atoms with Crippen LogP contribution >= 0.6 is 0 Å². The lowest BCUT2D eigenvalue weighted by atomic mass is 9.90. The molecule has 0 saturated carbocycles. The van der Waals surface area contributed by atoms with Gasteiger partial charge in [0.05, 0.1) is 5.56 Å². The van der Waals surface area contributed by atoms with E-state index >= 15 is 0 Å². The molecule has 4 amide bonds. The Morgan fingerprint density at radius 1 is 1.14 bits per heavy atom. The highest BCUT2D eigenvalue weighted by Crippen LogP contribution is 2.34. The molecule has 2 aromatic rings. The number of carbonyl (C=O) groups excluding carboxylic acids is 3. The van der Waals surface area contributed by atoms with E-state index in [1.807, 2.05) is 0 Å². The Bertz CT molecular complexity index is 993. The van der Waals surface area contributed by atoms with E-state index in [2.05, 4.69) is 10.6 Å². The summed E-state index contributed by atoms with van der Waals surface area (Å²) in [6, 6.07) is 8.11. The van der Waals surface area contributed by atoms with Gasteiger partial charge in [0.1, 0.15) is 17.9 Å². The van der Waals surface area contributed by atoms with Crippen molar-refractivity contribution in [1.29, 1.82) is 0 Å². The second kappa shape index (κ2) is 7.19. The minimum absolute atomic E-state index is 0.0706. The van der Waals surface area contributed by atoms with Gasteiger partial charge in [-0.1, -0.05) is 18.2 Å². The first kappa shape index (κ1) is 20.3. The summed E-state index contributed by atoms with van der Waals surface area (Å²) < 4.78 is 52.1. The Hall–Kier alpha value is -3.43. The predicted octanol–water partition coefficient (Wildman–Crippen LogP) is 3.25. The number of anilines is 1. The van der Waals surface area contributed by atoms with Crippen LogP contribution in [0.25, 0.3) is 0 Å². The number of halogens is 4. The fourth-order valence-corrected chi connectivity index (χ4v) is 2.95. The second-order valence-corrected chi connectivity index (χ2v) is 6.58. The standard InChI is InChI=1S/C19H15F4N3O3/c1-18(11-4-2-5-12(8-11)19(21,22)23)16(28)26(17(29)25-18)10-15(27)24-14-7-3-6-13(20)9-14/h2-9H,10H2,1H3,(H,24,27)(H,25,29)/t18-/m1/s1. The molecule has 1 atom stereocenters. The highest BCUT2D eigenvalue weighted by Gasteiger charge is 2.50. The van der Waals surface area contributed by atoms with E-state index in [0.29, 0.717) is 4.90 Å². The molecule has 2 N–H and O–H groups in total. The lowest BCUT2D eigenvalue weighted by molar-refractivity contribution is -0.138. The van der Waals surface area contributed by atoms with Crippen molar-refractivity contribution in [2.45, 2.75) is 18.6 Å². The van der Waals surface area contributed by atoms with Crippen LogP contribution < -0.4 is 10.6 Å². The first-order valence-corrected chi connectivity index (χ1v) is 8.38. The van der Waals surface area contributed by atoms with E-state index < -0.39 is 47.5 Å². The summed E-state index contributed by atoms with van der Waals surface area (Å²) in [7, 11) is 0. The zero-order chi connectivity index (χ0) is 21.4. The van der Waals surface area contributed by atoms with Crippen molar-refractivity contribution in [1.82, 2.24) is 10.2 Å². The van der Waals surface area contributed by atoms with Crippen molar-refractivity contribution in [3.63, 3.8) is 0 Å². The first-order chi connectivity index (χ1) is 13.5. The summed E-state index contributed by atoms with van der Waals surface area (Å²) in [6.07, 6.45) is -4.62. The van der Waals surface area contributed by atoms with E-state index in [9.17, 15) is 31.9 Å². The van der Waals surface area contributed by atoms with Gasteiger partial charge in [0.25, 0.3) is 5.91 Å². The SMILES string of the molecule is C[C@]1(c2cccc(C(F)(F)F)c2)NC(=O)N(CC(=O)Nc2cccc(F)c2)C1=O. The van der Waals surface area contributed by atoms with Crippen molar-refractivity contribution in [3.05, 3.63) is 65.5 Å². The molecule has 6 nitrogen and oxygen atoms in total. The van der Waals surface area contributed by atoms with Gasteiger partial charge >= 0.3 is 12.2 Å². The second-order valence-electron chi connectivity index (χ2n) is 6.58. The summed E-state index contributed by atoms with van der Waals surface area (Å²) in [4.78, 5) is 37.7. The molecule has 1 aliphatic rings. The quantitative estimate of drug-likeness (QED) is 0.601. The Morgan fingerprint density at radius 2 is 1.83 bits per heavy atom. The van der Waals surface area contributed by atoms with Gasteiger partial charge in [0, 0.05) is 5.69 Å². The van der Waals surface area contributed by atoms with Crippen molar-refractivity contribution < 1.29 is 31.9 Å². The summed E-state index contributed by atoms with van der Waals surface area (Å²) in [5.74, 6) is -2.24. The fourth-order valence-electron chi connectivity index (χ4n) is 2.95. The van der Waals surface area contributed by atoms with Gasteiger partial charge in [-0.3, -0.25) is 14.5 Å². The van der Waals surface area contributed by atoms with E-state index in [1.54, 1.807) is 0 Å². The lowest BCUT2D eigenvalue weighted by Crippen LogP contribution is -2.42.